The molecule has 0 unspecified atom stereocenters. The van der Waals surface area contributed by atoms with Gasteiger partial charge < -0.3 is 30.1 Å². The highest BCUT2D eigenvalue weighted by Gasteiger charge is 2.45. The zero-order valence-electron chi connectivity index (χ0n) is 11.5. The van der Waals surface area contributed by atoms with Crippen molar-refractivity contribution >= 4 is 5.91 Å². The van der Waals surface area contributed by atoms with Crippen molar-refractivity contribution in [2.24, 2.45) is 0 Å². The van der Waals surface area contributed by atoms with Gasteiger partial charge in [-0.05, 0) is 12.1 Å². The smallest absolute Gasteiger partial charge is 0.251 e. The van der Waals surface area contributed by atoms with E-state index in [4.69, 9.17) is 9.47 Å². The topological polar surface area (TPSA) is 108 Å². The molecule has 1 aromatic rings. The lowest BCUT2D eigenvalue weighted by molar-refractivity contribution is -0.270. The summed E-state index contributed by atoms with van der Waals surface area (Å²) in [7, 11) is 1.33. The molecule has 116 valence electrons. The average molecular weight is 297 g/mol. The molecule has 0 radical (unpaired) electrons. The molecule has 4 N–H and O–H groups in total. The van der Waals surface area contributed by atoms with Crippen molar-refractivity contribution in [3.63, 3.8) is 0 Å². The average Bonchev–Trinajstić information content (AvgIpc) is 2.52. The fraction of sp³-hybridized carbons (Fsp3) is 0.500. The molecule has 1 aliphatic heterocycles. The minimum absolute atomic E-state index is 0.401. The Kier molecular flexibility index (Phi) is 5.27. The van der Waals surface area contributed by atoms with Crippen LogP contribution in [0.25, 0.3) is 0 Å². The number of hydrogen-bond acceptors (Lipinski definition) is 6. The second kappa shape index (κ2) is 6.97. The molecular weight excluding hydrogens is 278 g/mol. The van der Waals surface area contributed by atoms with Gasteiger partial charge >= 0.3 is 0 Å². The van der Waals surface area contributed by atoms with E-state index in [9.17, 15) is 20.1 Å². The molecule has 0 aromatic heterocycles. The number of aliphatic hydroxyl groups is 3. The summed E-state index contributed by atoms with van der Waals surface area (Å²) in [5.74, 6) is -0.438. The summed E-state index contributed by atoms with van der Waals surface area (Å²) in [5.41, 5.74) is 0.401. The molecule has 7 nitrogen and oxygen atoms in total. The van der Waals surface area contributed by atoms with Gasteiger partial charge in [-0.25, -0.2) is 0 Å². The SMILES string of the molecule is CO[C@@H]1O[C@@H](CO)[C@@H](O)[C@@H](NC(=O)c2ccccc2)[C@@H]1O. The monoisotopic (exact) mass is 297 g/mol. The fourth-order valence-electron chi connectivity index (χ4n) is 2.28. The second-order valence-electron chi connectivity index (χ2n) is 4.81. The molecule has 1 aliphatic rings. The van der Waals surface area contributed by atoms with Gasteiger partial charge in [0.1, 0.15) is 18.3 Å². The van der Waals surface area contributed by atoms with Crippen LogP contribution in [-0.4, -0.2) is 65.6 Å². The van der Waals surface area contributed by atoms with Gasteiger partial charge in [0, 0.05) is 12.7 Å². The summed E-state index contributed by atoms with van der Waals surface area (Å²) < 4.78 is 10.2. The highest BCUT2D eigenvalue weighted by atomic mass is 16.7. The van der Waals surface area contributed by atoms with Crippen LogP contribution >= 0.6 is 0 Å². The van der Waals surface area contributed by atoms with Gasteiger partial charge in [-0.1, -0.05) is 18.2 Å². The van der Waals surface area contributed by atoms with Crippen LogP contribution < -0.4 is 5.32 Å². The molecule has 0 bridgehead atoms. The third kappa shape index (κ3) is 3.39. The number of aliphatic hydroxyl groups excluding tert-OH is 3. The molecule has 21 heavy (non-hydrogen) atoms. The van der Waals surface area contributed by atoms with E-state index in [-0.39, 0.29) is 0 Å². The quantitative estimate of drug-likeness (QED) is 0.560. The van der Waals surface area contributed by atoms with Crippen molar-refractivity contribution in [2.45, 2.75) is 30.6 Å². The van der Waals surface area contributed by atoms with E-state index >= 15 is 0 Å². The molecule has 1 heterocycles. The van der Waals surface area contributed by atoms with Gasteiger partial charge in [-0.3, -0.25) is 4.79 Å². The third-order valence-corrected chi connectivity index (χ3v) is 3.45. The molecule has 1 fully saturated rings. The summed E-state index contributed by atoms with van der Waals surface area (Å²) in [6, 6.07) is 7.42. The Bertz CT molecular complexity index is 452. The molecule has 1 aromatic carbocycles. The first-order valence-electron chi connectivity index (χ1n) is 6.59. The van der Waals surface area contributed by atoms with Crippen LogP contribution in [0.2, 0.25) is 0 Å². The Morgan fingerprint density at radius 1 is 1.29 bits per heavy atom. The fourth-order valence-corrected chi connectivity index (χ4v) is 2.28. The first-order chi connectivity index (χ1) is 10.1. The number of nitrogens with one attached hydrogen (secondary N) is 1. The Morgan fingerprint density at radius 3 is 2.52 bits per heavy atom. The van der Waals surface area contributed by atoms with Crippen LogP contribution in [0.15, 0.2) is 30.3 Å². The predicted molar refractivity (Wildman–Crippen MR) is 72.5 cm³/mol. The molecule has 1 saturated heterocycles. The van der Waals surface area contributed by atoms with E-state index in [1.165, 1.54) is 7.11 Å². The molecule has 0 aliphatic carbocycles. The Morgan fingerprint density at radius 2 is 1.95 bits per heavy atom. The first-order valence-corrected chi connectivity index (χ1v) is 6.59. The highest BCUT2D eigenvalue weighted by molar-refractivity contribution is 5.94. The summed E-state index contributed by atoms with van der Waals surface area (Å²) >= 11 is 0. The molecule has 7 heteroatoms. The molecule has 5 atom stereocenters. The summed E-state index contributed by atoms with van der Waals surface area (Å²) in [6.07, 6.45) is -4.48. The van der Waals surface area contributed by atoms with E-state index in [0.29, 0.717) is 5.56 Å². The minimum atomic E-state index is -1.25. The van der Waals surface area contributed by atoms with E-state index in [1.54, 1.807) is 30.3 Å². The zero-order valence-corrected chi connectivity index (χ0v) is 11.5. The van der Waals surface area contributed by atoms with Crippen LogP contribution in [0.4, 0.5) is 0 Å². The first kappa shape index (κ1) is 15.9. The van der Waals surface area contributed by atoms with Gasteiger partial charge in [-0.2, -0.15) is 0 Å². The number of methoxy groups -OCH3 is 1. The van der Waals surface area contributed by atoms with E-state index in [0.717, 1.165) is 0 Å². The number of rotatable bonds is 4. The van der Waals surface area contributed by atoms with Crippen molar-refractivity contribution in [3.8, 4) is 0 Å². The van der Waals surface area contributed by atoms with Crippen molar-refractivity contribution in [1.82, 2.24) is 5.32 Å². The number of ether oxygens (including phenoxy) is 2. The van der Waals surface area contributed by atoms with E-state index in [1.807, 2.05) is 0 Å². The zero-order chi connectivity index (χ0) is 15.4. The van der Waals surface area contributed by atoms with Gasteiger partial charge in [0.2, 0.25) is 0 Å². The summed E-state index contributed by atoms with van der Waals surface area (Å²) in [6.45, 7) is -0.453. The van der Waals surface area contributed by atoms with Crippen LogP contribution in [-0.2, 0) is 9.47 Å². The number of carbonyl (C=O) groups is 1. The second-order valence-corrected chi connectivity index (χ2v) is 4.81. The largest absolute Gasteiger partial charge is 0.394 e. The Balaban J connectivity index is 2.13. The number of hydrogen-bond donors (Lipinski definition) is 4. The highest BCUT2D eigenvalue weighted by Crippen LogP contribution is 2.22. The van der Waals surface area contributed by atoms with E-state index < -0.39 is 43.2 Å². The van der Waals surface area contributed by atoms with Crippen molar-refractivity contribution in [1.29, 1.82) is 0 Å². The van der Waals surface area contributed by atoms with Gasteiger partial charge in [0.05, 0.1) is 12.6 Å². The van der Waals surface area contributed by atoms with Crippen LogP contribution in [0.1, 0.15) is 10.4 Å². The molecule has 0 spiro atoms. The van der Waals surface area contributed by atoms with Gasteiger partial charge in [0.15, 0.2) is 6.29 Å². The molecule has 1 amide bonds. The molecule has 0 saturated carbocycles. The summed E-state index contributed by atoms with van der Waals surface area (Å²) in [4.78, 5) is 12.1. The Hall–Kier alpha value is -1.51. The lowest BCUT2D eigenvalue weighted by Gasteiger charge is -2.41. The van der Waals surface area contributed by atoms with Crippen LogP contribution in [0.5, 0.6) is 0 Å². The van der Waals surface area contributed by atoms with Crippen molar-refractivity contribution in [3.05, 3.63) is 35.9 Å². The van der Waals surface area contributed by atoms with E-state index in [2.05, 4.69) is 5.32 Å². The maximum Gasteiger partial charge on any atom is 0.251 e. The number of benzene rings is 1. The lowest BCUT2D eigenvalue weighted by atomic mass is 9.96. The number of carbonyl (C=O) groups excluding carboxylic acids is 1. The lowest BCUT2D eigenvalue weighted by Crippen LogP contribution is -2.64. The molecular formula is C14H19NO6. The van der Waals surface area contributed by atoms with Crippen LogP contribution in [0, 0.1) is 0 Å². The maximum absolute atomic E-state index is 12.1. The maximum atomic E-state index is 12.1. The van der Waals surface area contributed by atoms with Crippen LogP contribution in [0.3, 0.4) is 0 Å². The van der Waals surface area contributed by atoms with Gasteiger partial charge in [-0.15, -0.1) is 0 Å². The van der Waals surface area contributed by atoms with Crippen molar-refractivity contribution in [2.75, 3.05) is 13.7 Å². The normalized spacial score (nSPS) is 32.7. The van der Waals surface area contributed by atoms with Gasteiger partial charge in [0.25, 0.3) is 5.91 Å². The summed E-state index contributed by atoms with van der Waals surface area (Å²) in [5, 5.41) is 31.9. The molecule has 2 rings (SSSR count). The standard InChI is InChI=1S/C14H19NO6/c1-20-14-12(18)10(11(17)9(7-16)21-14)15-13(19)8-5-3-2-4-6-8/h2-6,9-12,14,16-18H,7H2,1H3,(H,15,19)/t9-,10+,11+,12-,14+/m0/s1. The minimum Gasteiger partial charge on any atom is -0.394 e. The third-order valence-electron chi connectivity index (χ3n) is 3.45. The predicted octanol–water partition coefficient (Wildman–Crippen LogP) is -1.13. The van der Waals surface area contributed by atoms with Crippen molar-refractivity contribution < 1.29 is 29.6 Å². The number of amides is 1. The Labute approximate surface area is 122 Å².